The summed E-state index contributed by atoms with van der Waals surface area (Å²) in [6.07, 6.45) is 9.88. The van der Waals surface area contributed by atoms with E-state index in [9.17, 15) is 13.8 Å². The fourth-order valence-corrected chi connectivity index (χ4v) is 9.86. The van der Waals surface area contributed by atoms with E-state index in [-0.39, 0.29) is 29.7 Å². The summed E-state index contributed by atoms with van der Waals surface area (Å²) in [4.78, 5) is 28.9. The SMILES string of the molecule is COCCNC(=O)NS1(=O)=NC(=O)c2ccc3c(c2)N(C[C@@H]2CC[C@H]2[C@@H](OC)/C=C/C[C@H](C)C1)C[C@@]1(CCCc2cc(Cl)ccc21)CO3. The van der Waals surface area contributed by atoms with Gasteiger partial charge in [-0.25, -0.2) is 9.00 Å². The van der Waals surface area contributed by atoms with Gasteiger partial charge in [0.25, 0.3) is 5.91 Å². The summed E-state index contributed by atoms with van der Waals surface area (Å²) in [6.45, 7) is 4.47. The Labute approximate surface area is 289 Å². The van der Waals surface area contributed by atoms with Crippen molar-refractivity contribution < 1.29 is 28.0 Å². The summed E-state index contributed by atoms with van der Waals surface area (Å²) in [7, 11) is -0.189. The van der Waals surface area contributed by atoms with Crippen LogP contribution in [0.1, 0.15) is 60.5 Å². The minimum Gasteiger partial charge on any atom is -0.490 e. The van der Waals surface area contributed by atoms with Crippen molar-refractivity contribution in [1.82, 2.24) is 10.0 Å². The molecule has 1 fully saturated rings. The number of benzene rings is 2. The van der Waals surface area contributed by atoms with Crippen molar-refractivity contribution in [3.8, 4) is 5.75 Å². The molecule has 1 unspecified atom stereocenters. The number of methoxy groups -OCH3 is 2. The third-order valence-corrected chi connectivity index (χ3v) is 12.6. The third kappa shape index (κ3) is 7.54. The first kappa shape index (κ1) is 34.7. The molecular formula is C36H47ClN4O6S. The molecule has 3 amide bonds. The molecular weight excluding hydrogens is 652 g/mol. The number of aryl methyl sites for hydroxylation is 1. The van der Waals surface area contributed by atoms with Crippen LogP contribution in [-0.4, -0.2) is 75.1 Å². The van der Waals surface area contributed by atoms with E-state index in [4.69, 9.17) is 25.8 Å². The fraction of sp³-hybridized carbons (Fsp3) is 0.556. The smallest absolute Gasteiger partial charge is 0.327 e. The topological polar surface area (TPSA) is 119 Å². The molecule has 0 saturated heterocycles. The van der Waals surface area contributed by atoms with Crippen LogP contribution in [0.4, 0.5) is 10.5 Å². The second-order valence-electron chi connectivity index (χ2n) is 13.8. The van der Waals surface area contributed by atoms with E-state index in [1.807, 2.05) is 25.1 Å². The lowest BCUT2D eigenvalue weighted by atomic mass is 9.68. The number of fused-ring (bicyclic) bond motifs is 4. The van der Waals surface area contributed by atoms with Gasteiger partial charge in [-0.2, -0.15) is 0 Å². The van der Waals surface area contributed by atoms with Gasteiger partial charge in [-0.3, -0.25) is 9.52 Å². The van der Waals surface area contributed by atoms with Crippen molar-refractivity contribution in [3.63, 3.8) is 0 Å². The molecule has 1 spiro atoms. The minimum absolute atomic E-state index is 0.0105. The zero-order chi connectivity index (χ0) is 33.9. The first-order valence-electron chi connectivity index (χ1n) is 17.0. The first-order valence-corrected chi connectivity index (χ1v) is 19.0. The maximum atomic E-state index is 14.2. The standard InChI is InChI=1S/C36H47ClN4O6S/c1-24-6-4-8-32(46-3)29-12-9-27(29)20-41-22-36(15-5-7-25-18-28(37)11-13-30(25)36)23-47-33-14-10-26(19-31(33)41)34(42)39-48(44,21-24)40-35(43)38-16-17-45-2/h4,8,10-11,13-14,18-19,24,27,29,32H,5-7,9,12,15-17,20-23H2,1-3H3,(H2,38,39,40,42,43,44)/b8-4+/t24-,27-,29+,32-,36-,48?/m0/s1. The van der Waals surface area contributed by atoms with E-state index in [0.717, 1.165) is 55.9 Å². The molecule has 2 aromatic carbocycles. The number of nitrogens with zero attached hydrogens (tertiary/aromatic N) is 2. The van der Waals surface area contributed by atoms with E-state index in [1.165, 1.54) is 18.2 Å². The number of nitrogens with one attached hydrogen (secondary N) is 2. The number of urea groups is 1. The van der Waals surface area contributed by atoms with Crippen molar-refractivity contribution in [2.24, 2.45) is 22.1 Å². The Morgan fingerprint density at radius 1 is 1.21 bits per heavy atom. The molecule has 2 aliphatic heterocycles. The summed E-state index contributed by atoms with van der Waals surface area (Å²) in [6, 6.07) is 10.9. The fourth-order valence-electron chi connectivity index (χ4n) is 7.81. The molecule has 10 nitrogen and oxygen atoms in total. The van der Waals surface area contributed by atoms with Crippen LogP contribution >= 0.6 is 11.6 Å². The van der Waals surface area contributed by atoms with Crippen LogP contribution in [0.5, 0.6) is 5.75 Å². The van der Waals surface area contributed by atoms with Gasteiger partial charge < -0.3 is 24.4 Å². The van der Waals surface area contributed by atoms with Crippen LogP contribution in [0, 0.1) is 17.8 Å². The average Bonchev–Trinajstić information content (AvgIpc) is 3.18. The quantitative estimate of drug-likeness (QED) is 0.294. The summed E-state index contributed by atoms with van der Waals surface area (Å²) in [5, 5.41) is 3.37. The van der Waals surface area contributed by atoms with Crippen molar-refractivity contribution in [1.29, 1.82) is 0 Å². The molecule has 0 radical (unpaired) electrons. The highest BCUT2D eigenvalue weighted by Crippen LogP contribution is 2.47. The number of halogens is 1. The lowest BCUT2D eigenvalue weighted by molar-refractivity contribution is 0.0131. The Hall–Kier alpha value is -3.12. The van der Waals surface area contributed by atoms with Gasteiger partial charge in [0.2, 0.25) is 0 Å². The Morgan fingerprint density at radius 3 is 2.83 bits per heavy atom. The van der Waals surface area contributed by atoms with E-state index in [1.54, 1.807) is 13.2 Å². The number of carbonyl (C=O) groups excluding carboxylic acids is 2. The van der Waals surface area contributed by atoms with Crippen LogP contribution in [0.2, 0.25) is 5.02 Å². The minimum atomic E-state index is -3.48. The maximum Gasteiger partial charge on any atom is 0.327 e. The highest BCUT2D eigenvalue weighted by atomic mass is 35.5. The number of hydrogen-bond acceptors (Lipinski definition) is 7. The van der Waals surface area contributed by atoms with Crippen LogP contribution in [0.3, 0.4) is 0 Å². The number of amides is 3. The number of carbonyl (C=O) groups is 2. The van der Waals surface area contributed by atoms with Gasteiger partial charge >= 0.3 is 6.03 Å². The Balaban J connectivity index is 1.41. The van der Waals surface area contributed by atoms with Crippen molar-refractivity contribution in [2.75, 3.05) is 57.7 Å². The van der Waals surface area contributed by atoms with Gasteiger partial charge in [0.1, 0.15) is 15.7 Å². The predicted octanol–water partition coefficient (Wildman–Crippen LogP) is 5.92. The number of allylic oxidation sites excluding steroid dienone is 1. The van der Waals surface area contributed by atoms with Gasteiger partial charge in [0.15, 0.2) is 0 Å². The Morgan fingerprint density at radius 2 is 2.06 bits per heavy atom. The number of hydrogen-bond donors (Lipinski definition) is 2. The number of rotatable bonds is 5. The number of ether oxygens (including phenoxy) is 3. The largest absolute Gasteiger partial charge is 0.490 e. The lowest BCUT2D eigenvalue weighted by Crippen LogP contribution is -2.49. The zero-order valence-electron chi connectivity index (χ0n) is 28.0. The highest BCUT2D eigenvalue weighted by molar-refractivity contribution is 7.92. The lowest BCUT2D eigenvalue weighted by Gasteiger charge is -2.46. The molecule has 6 atom stereocenters. The molecule has 2 N–H and O–H groups in total. The summed E-state index contributed by atoms with van der Waals surface area (Å²) in [5.41, 5.74) is 3.40. The molecule has 4 aliphatic rings. The van der Waals surface area contributed by atoms with Crippen molar-refractivity contribution >= 4 is 39.1 Å². The molecule has 260 valence electrons. The summed E-state index contributed by atoms with van der Waals surface area (Å²) >= 11 is 6.44. The monoisotopic (exact) mass is 698 g/mol. The first-order chi connectivity index (χ1) is 23.1. The predicted molar refractivity (Wildman–Crippen MR) is 188 cm³/mol. The van der Waals surface area contributed by atoms with E-state index in [0.29, 0.717) is 42.8 Å². The van der Waals surface area contributed by atoms with Gasteiger partial charge in [-0.05, 0) is 97.7 Å². The van der Waals surface area contributed by atoms with E-state index >= 15 is 0 Å². The average molecular weight is 699 g/mol. The number of anilines is 1. The maximum absolute atomic E-state index is 14.2. The second kappa shape index (κ2) is 14.8. The summed E-state index contributed by atoms with van der Waals surface area (Å²) < 4.78 is 38.6. The molecule has 2 heterocycles. The van der Waals surface area contributed by atoms with Crippen LogP contribution < -0.4 is 19.7 Å². The normalized spacial score (nSPS) is 30.8. The van der Waals surface area contributed by atoms with Gasteiger partial charge in [0.05, 0.1) is 30.8 Å². The third-order valence-electron chi connectivity index (χ3n) is 10.4. The molecule has 1 saturated carbocycles. The van der Waals surface area contributed by atoms with Gasteiger partial charge in [0, 0.05) is 49.9 Å². The Kier molecular flexibility index (Phi) is 10.7. The molecule has 0 aromatic heterocycles. The highest BCUT2D eigenvalue weighted by Gasteiger charge is 2.44. The van der Waals surface area contributed by atoms with E-state index < -0.39 is 21.9 Å². The van der Waals surface area contributed by atoms with Crippen molar-refractivity contribution in [2.45, 2.75) is 57.0 Å². The zero-order valence-corrected chi connectivity index (χ0v) is 29.6. The Bertz CT molecular complexity index is 1680. The van der Waals surface area contributed by atoms with Crippen LogP contribution in [0.25, 0.3) is 0 Å². The molecule has 2 aromatic rings. The summed E-state index contributed by atoms with van der Waals surface area (Å²) in [5.74, 6) is 0.674. The molecule has 48 heavy (non-hydrogen) atoms. The molecule has 12 heteroatoms. The van der Waals surface area contributed by atoms with Crippen LogP contribution in [0.15, 0.2) is 52.9 Å². The van der Waals surface area contributed by atoms with E-state index in [2.05, 4.69) is 43.6 Å². The van der Waals surface area contributed by atoms with Crippen molar-refractivity contribution in [3.05, 3.63) is 70.3 Å². The van der Waals surface area contributed by atoms with Gasteiger partial charge in [-0.15, -0.1) is 4.36 Å². The molecule has 2 aliphatic carbocycles. The molecule has 6 rings (SSSR count). The van der Waals surface area contributed by atoms with Crippen LogP contribution in [-0.2, 0) is 31.2 Å². The molecule has 2 bridgehead atoms. The van der Waals surface area contributed by atoms with Gasteiger partial charge in [-0.1, -0.05) is 36.7 Å². The second-order valence-corrected chi connectivity index (χ2v) is 16.2.